The number of imidazole rings is 3. The average Bonchev–Trinajstić information content (AvgIpc) is 1.59. The Balaban J connectivity index is 0.000000108. The molecule has 24 aromatic rings. The topological polar surface area (TPSA) is 273 Å². The Morgan fingerprint density at radius 1 is 0.360 bits per heavy atom. The van der Waals surface area contributed by atoms with Crippen molar-refractivity contribution in [3.05, 3.63) is 392 Å². The van der Waals surface area contributed by atoms with E-state index in [4.69, 9.17) is 144 Å². The van der Waals surface area contributed by atoms with Gasteiger partial charge in [0.25, 0.3) is 0 Å². The zero-order valence-electron chi connectivity index (χ0n) is 74.3. The molecule has 7 N–H and O–H groups in total. The van der Waals surface area contributed by atoms with Crippen molar-refractivity contribution in [3.8, 4) is 33.9 Å². The van der Waals surface area contributed by atoms with Crippen LogP contribution in [0.25, 0.3) is 176 Å². The van der Waals surface area contributed by atoms with Gasteiger partial charge in [0.2, 0.25) is 0 Å². The van der Waals surface area contributed by atoms with Crippen molar-refractivity contribution in [2.24, 2.45) is 0 Å². The molecule has 14 aromatic carbocycles. The monoisotopic (exact) mass is 1980 g/mol. The molecular weight excluding hydrogens is 1900 g/mol. The summed E-state index contributed by atoms with van der Waals surface area (Å²) >= 11 is 49.1. The number of nitrogens with two attached hydrogens (primary N) is 2. The van der Waals surface area contributed by atoms with Crippen molar-refractivity contribution in [1.82, 2.24) is 53.7 Å². The van der Waals surface area contributed by atoms with Crippen LogP contribution in [0.15, 0.2) is 340 Å². The number of rotatable bonds is 7. The van der Waals surface area contributed by atoms with Gasteiger partial charge in [0, 0.05) is 122 Å². The summed E-state index contributed by atoms with van der Waals surface area (Å²) in [6.45, 7) is 8.36. The summed E-state index contributed by atoms with van der Waals surface area (Å²) in [5.74, 6) is 0.765. The first-order valence-electron chi connectivity index (χ1n) is 43.8. The highest BCUT2D eigenvalue weighted by molar-refractivity contribution is 6.66. The number of nitrogens with zero attached hydrogens (tertiary/aromatic N) is 10. The van der Waals surface area contributed by atoms with Crippen molar-refractivity contribution in [3.63, 3.8) is 0 Å². The van der Waals surface area contributed by atoms with E-state index >= 15 is 0 Å². The summed E-state index contributed by atoms with van der Waals surface area (Å²) in [5, 5.41) is 36.2. The maximum absolute atomic E-state index is 11.5. The van der Waals surface area contributed by atoms with Crippen LogP contribution in [-0.2, 0) is 9.31 Å². The smallest absolute Gasteiger partial charge is 0.423 e. The molecule has 0 amide bonds. The molecule has 29 heteroatoms. The fourth-order valence-corrected chi connectivity index (χ4v) is 19.3. The number of halogens is 8. The molecular formula is C110H77B2Cl8N13O6. The van der Waals surface area contributed by atoms with Gasteiger partial charge in [-0.3, -0.25) is 38.3 Å². The van der Waals surface area contributed by atoms with Gasteiger partial charge in [-0.1, -0.05) is 269 Å². The molecule has 11 heterocycles. The number of carbonyl (C=O) groups is 2. The Kier molecular flexibility index (Phi) is 26.8. The van der Waals surface area contributed by atoms with E-state index in [2.05, 4.69) is 146 Å². The largest absolute Gasteiger partial charge is 0.495 e. The van der Waals surface area contributed by atoms with E-state index in [0.29, 0.717) is 80.9 Å². The van der Waals surface area contributed by atoms with Crippen LogP contribution in [0.5, 0.6) is 0 Å². The molecule has 19 nitrogen and oxygen atoms in total. The molecule has 0 aliphatic carbocycles. The third-order valence-corrected chi connectivity index (χ3v) is 27.2. The van der Waals surface area contributed by atoms with E-state index in [1.54, 1.807) is 85.3 Å². The second-order valence-electron chi connectivity index (χ2n) is 33.5. The van der Waals surface area contributed by atoms with Crippen molar-refractivity contribution >= 4 is 284 Å². The van der Waals surface area contributed by atoms with E-state index < -0.39 is 25.4 Å². The molecule has 0 bridgehead atoms. The average molecular weight is 1980 g/mol. The number of fused-ring (bicyclic) bond motifs is 24. The molecule has 1 saturated heterocycles. The third-order valence-electron chi connectivity index (χ3n) is 24.7. The van der Waals surface area contributed by atoms with Crippen LogP contribution < -0.4 is 22.4 Å². The quantitative estimate of drug-likeness (QED) is 0.0326. The lowest BCUT2D eigenvalue weighted by Gasteiger charge is -2.32. The number of benzene rings is 14. The molecule has 10 aromatic heterocycles. The maximum Gasteiger partial charge on any atom is 0.495 e. The highest BCUT2D eigenvalue weighted by Crippen LogP contribution is 2.46. The number of aromatic amines is 1. The SMILES string of the molecule is CC1(C)OB(c2cc3c4ncccc4n4c5ccccc5nc4c3c3ccccc23)OC1(C)C.Clc1cc2c3ncccc3n3c4ccccc4nc3c2c2ccccc12.Clc1cccnc1-c1cc(Cl)c2ccccc2c1-c1nc2ccccc2[nH]1.Clc1cccnc1Cl.Nc1ccccc1N.O=Cc1c(-c2ncccc2Cl)cc(Cl)c2ccccc12.O=Cc1c(B(O)O)cc(Cl)c2ccccc12. The lowest BCUT2D eigenvalue weighted by molar-refractivity contribution is 0.00578. The Bertz CT molecular complexity index is 8850. The number of aromatic nitrogens is 11. The second kappa shape index (κ2) is 39.7. The minimum Gasteiger partial charge on any atom is -0.423 e. The predicted molar refractivity (Wildman–Crippen MR) is 575 cm³/mol. The van der Waals surface area contributed by atoms with Crippen molar-refractivity contribution in [1.29, 1.82) is 0 Å². The number of anilines is 2. The number of hydrogen-bond acceptors (Lipinski definition) is 16. The zero-order chi connectivity index (χ0) is 96.7. The molecule has 1 fully saturated rings. The van der Waals surface area contributed by atoms with E-state index in [0.717, 1.165) is 170 Å². The minimum absolute atomic E-state index is 0.124. The third kappa shape index (κ3) is 18.1. The van der Waals surface area contributed by atoms with E-state index in [1.165, 1.54) is 6.07 Å². The molecule has 0 spiro atoms. The number of carbonyl (C=O) groups excluding carboxylic acids is 2. The Morgan fingerprint density at radius 3 is 1.23 bits per heavy atom. The van der Waals surface area contributed by atoms with Crippen molar-refractivity contribution in [2.75, 3.05) is 11.5 Å². The van der Waals surface area contributed by atoms with E-state index in [9.17, 15) is 9.59 Å². The molecule has 1 aliphatic heterocycles. The van der Waals surface area contributed by atoms with Gasteiger partial charge < -0.3 is 35.8 Å². The standard InChI is InChI=1S/C28H24BN3O2.C22H13Cl2N3.C22H12ClN3.C16H9Cl2NO.C11H8BClO3.C6H8N2.C5H3Cl2N/c1-27(2)28(3,4)34-29(33-27)20-16-19-24(18-11-6-5-10-17(18)20)26-31-21-12-7-8-13-22(21)32(26)23-14-9-15-30-25(19)23;23-16-8-5-11-25-21(16)15-12-17(24)13-6-1-2-7-14(13)20(15)22-26-18-9-3-4-10-19(18)27-22;23-16-12-15-20(14-7-2-1-6-13(14)16)22-25-17-8-3-4-9-18(17)26(22)19-10-5-11-24-21(15)19;17-14-6-3-7-19-16(14)12-8-15(18)11-5-2-1-4-10(11)13(12)9-20;13-11-5-10(12(15)16)9(6-14)7-3-1-2-4-8(7)11;7-5-3-1-2-4-6(5)8;6-4-2-1-3-8-5(4)7/h5-16H,1-4H3;1-12H,(H,26,27);1-12H;1-9H;1-6,15-16H;1-4H,7-8H2;1-3H. The number of H-pyrrole nitrogens is 1. The van der Waals surface area contributed by atoms with Crippen LogP contribution in [0, 0.1) is 0 Å². The molecule has 0 radical (unpaired) electrons. The Labute approximate surface area is 835 Å². The molecule has 25 rings (SSSR count). The predicted octanol–water partition coefficient (Wildman–Crippen LogP) is 27.6. The second-order valence-corrected chi connectivity index (χ2v) is 36.7. The van der Waals surface area contributed by atoms with Crippen molar-refractivity contribution in [2.45, 2.75) is 38.9 Å². The zero-order valence-corrected chi connectivity index (χ0v) is 80.4. The van der Waals surface area contributed by atoms with Crippen molar-refractivity contribution < 1.29 is 28.9 Å². The molecule has 680 valence electrons. The number of hydrogen-bond donors (Lipinski definition) is 5. The number of aldehydes is 2. The minimum atomic E-state index is -1.71. The van der Waals surface area contributed by atoms with Crippen LogP contribution in [0.2, 0.25) is 40.3 Å². The van der Waals surface area contributed by atoms with Crippen LogP contribution in [0.3, 0.4) is 0 Å². The number of nitrogens with one attached hydrogen (secondary N) is 1. The van der Waals surface area contributed by atoms with Crippen LogP contribution in [-0.4, -0.2) is 102 Å². The number of para-hydroxylation sites is 8. The number of nitrogen functional groups attached to an aromatic ring is 2. The van der Waals surface area contributed by atoms with Gasteiger partial charge in [-0.25, -0.2) is 19.9 Å². The van der Waals surface area contributed by atoms with Gasteiger partial charge in [0.05, 0.1) is 104 Å². The van der Waals surface area contributed by atoms with Gasteiger partial charge in [-0.05, 0) is 204 Å². The Morgan fingerprint density at radius 2 is 0.741 bits per heavy atom. The lowest BCUT2D eigenvalue weighted by Crippen LogP contribution is -2.41. The number of pyridine rings is 7. The Hall–Kier alpha value is -14.2. The molecule has 0 atom stereocenters. The van der Waals surface area contributed by atoms with Gasteiger partial charge in [-0.2, -0.15) is 0 Å². The van der Waals surface area contributed by atoms with Crippen LogP contribution >= 0.6 is 92.8 Å². The van der Waals surface area contributed by atoms with Gasteiger partial charge in [0.1, 0.15) is 28.6 Å². The normalized spacial score (nSPS) is 12.5. The summed E-state index contributed by atoms with van der Waals surface area (Å²) in [5.41, 5.74) is 28.7. The van der Waals surface area contributed by atoms with Gasteiger partial charge in [-0.15, -0.1) is 0 Å². The first kappa shape index (κ1) is 93.8. The first-order valence-corrected chi connectivity index (χ1v) is 46.8. The first-order chi connectivity index (χ1) is 67.4. The molecule has 1 aliphatic rings. The summed E-state index contributed by atoms with van der Waals surface area (Å²) < 4.78 is 17.4. The van der Waals surface area contributed by atoms with E-state index in [-0.39, 0.29) is 11.0 Å². The van der Waals surface area contributed by atoms with Gasteiger partial charge >= 0.3 is 14.2 Å². The highest BCUT2D eigenvalue weighted by atomic mass is 35.5. The summed E-state index contributed by atoms with van der Waals surface area (Å²) in [7, 11) is -2.17. The molecule has 139 heavy (non-hydrogen) atoms. The summed E-state index contributed by atoms with van der Waals surface area (Å²) in [4.78, 5) is 62.8. The molecule has 0 unspecified atom stereocenters. The summed E-state index contributed by atoms with van der Waals surface area (Å²) in [6.07, 6.45) is 10.1. The van der Waals surface area contributed by atoms with Gasteiger partial charge in [0.15, 0.2) is 6.29 Å². The maximum atomic E-state index is 11.5. The van der Waals surface area contributed by atoms with Crippen LogP contribution in [0.1, 0.15) is 48.4 Å². The van der Waals surface area contributed by atoms with Crippen LogP contribution in [0.4, 0.5) is 11.4 Å². The lowest BCUT2D eigenvalue weighted by atomic mass is 9.74. The van der Waals surface area contributed by atoms with E-state index in [1.807, 2.05) is 164 Å². The fraction of sp³-hybridized carbons (Fsp3) is 0.0545. The fourth-order valence-electron chi connectivity index (χ4n) is 17.5. The highest BCUT2D eigenvalue weighted by Gasteiger charge is 2.52. The molecule has 0 saturated carbocycles. The summed E-state index contributed by atoms with van der Waals surface area (Å²) in [6, 6.07) is 99.0.